The Balaban J connectivity index is 0.000000361. The summed E-state index contributed by atoms with van der Waals surface area (Å²) in [6.45, 7) is 2.07. The molecule has 0 atom stereocenters. The summed E-state index contributed by atoms with van der Waals surface area (Å²) >= 11 is 0. The zero-order valence-electron chi connectivity index (χ0n) is 15.7. The smallest absolute Gasteiger partial charge is 0.267 e. The standard InChI is InChI=1S/C15H16N2O.C2H7N.CH4O3S/c1-10-6-8-11(9-7-10)14-12-4-2-3-5-13(12)15(18)17-16-14;1-3-2;1-5(2,3)4/h6-9H,2-5H2,1H3,(H,17,18);3H,1-2H3;1H3,(H,2,3,4). The third-order valence-corrected chi connectivity index (χ3v) is 3.62. The molecule has 8 heteroatoms. The number of fused-ring (bicyclic) bond motifs is 1. The predicted molar refractivity (Wildman–Crippen MR) is 104 cm³/mol. The van der Waals surface area contributed by atoms with Crippen molar-refractivity contribution >= 4 is 10.1 Å². The van der Waals surface area contributed by atoms with Crippen LogP contribution in [0.25, 0.3) is 11.3 Å². The van der Waals surface area contributed by atoms with Gasteiger partial charge in [-0.25, -0.2) is 5.10 Å². The highest BCUT2D eigenvalue weighted by Gasteiger charge is 2.18. The van der Waals surface area contributed by atoms with Gasteiger partial charge >= 0.3 is 0 Å². The van der Waals surface area contributed by atoms with Crippen LogP contribution in [0.15, 0.2) is 29.1 Å². The minimum atomic E-state index is -3.67. The van der Waals surface area contributed by atoms with Gasteiger partial charge in [-0.1, -0.05) is 29.8 Å². The second-order valence-electron chi connectivity index (χ2n) is 6.16. The van der Waals surface area contributed by atoms with Crippen LogP contribution in [-0.4, -0.2) is 43.5 Å². The molecular formula is C18H27N3O4S. The summed E-state index contributed by atoms with van der Waals surface area (Å²) in [5.74, 6) is 0. The van der Waals surface area contributed by atoms with Gasteiger partial charge in [0, 0.05) is 11.1 Å². The van der Waals surface area contributed by atoms with Crippen LogP contribution < -0.4 is 10.9 Å². The summed E-state index contributed by atoms with van der Waals surface area (Å²) in [4.78, 5) is 11.8. The zero-order valence-corrected chi connectivity index (χ0v) is 16.5. The molecule has 0 aliphatic heterocycles. The summed E-state index contributed by atoms with van der Waals surface area (Å²) in [7, 11) is 0.0833. The lowest BCUT2D eigenvalue weighted by molar-refractivity contribution is 0.490. The van der Waals surface area contributed by atoms with Crippen LogP contribution in [0.1, 0.15) is 29.5 Å². The molecule has 0 saturated heterocycles. The first-order chi connectivity index (χ1) is 12.2. The average molecular weight is 381 g/mol. The molecule has 0 spiro atoms. The van der Waals surface area contributed by atoms with Crippen molar-refractivity contribution in [1.29, 1.82) is 0 Å². The Kier molecular flexibility index (Phi) is 8.64. The van der Waals surface area contributed by atoms with Crippen molar-refractivity contribution < 1.29 is 13.0 Å². The fourth-order valence-electron chi connectivity index (χ4n) is 2.61. The normalized spacial score (nSPS) is 12.8. The molecule has 0 amide bonds. The molecule has 1 aromatic carbocycles. The minimum absolute atomic E-state index is 0.0134. The maximum atomic E-state index is 11.8. The molecule has 2 aromatic rings. The SMILES string of the molecule is CNC.CS(=O)(=O)O.Cc1ccc(-c2n[nH]c(=O)c3c2CCCC3)cc1. The Hall–Kier alpha value is -2.03. The lowest BCUT2D eigenvalue weighted by atomic mass is 9.90. The fourth-order valence-corrected chi connectivity index (χ4v) is 2.61. The molecule has 26 heavy (non-hydrogen) atoms. The van der Waals surface area contributed by atoms with Gasteiger partial charge in [0.25, 0.3) is 15.7 Å². The van der Waals surface area contributed by atoms with Crippen molar-refractivity contribution in [1.82, 2.24) is 15.5 Å². The molecule has 1 aromatic heterocycles. The van der Waals surface area contributed by atoms with Crippen LogP contribution >= 0.6 is 0 Å². The van der Waals surface area contributed by atoms with Gasteiger partial charge in [0.1, 0.15) is 0 Å². The van der Waals surface area contributed by atoms with E-state index in [2.05, 4.69) is 46.7 Å². The number of rotatable bonds is 1. The highest BCUT2D eigenvalue weighted by atomic mass is 32.2. The number of nitrogens with zero attached hydrogens (tertiary/aromatic N) is 1. The van der Waals surface area contributed by atoms with Gasteiger partial charge in [0.05, 0.1) is 11.9 Å². The Morgan fingerprint density at radius 1 is 1.08 bits per heavy atom. The minimum Gasteiger partial charge on any atom is -0.323 e. The van der Waals surface area contributed by atoms with Crippen molar-refractivity contribution in [2.75, 3.05) is 20.4 Å². The molecular weight excluding hydrogens is 354 g/mol. The number of nitrogens with one attached hydrogen (secondary N) is 2. The lowest BCUT2D eigenvalue weighted by Crippen LogP contribution is -2.21. The van der Waals surface area contributed by atoms with Gasteiger partial charge in [0.2, 0.25) is 0 Å². The number of hydrogen-bond donors (Lipinski definition) is 3. The second-order valence-corrected chi connectivity index (χ2v) is 7.63. The van der Waals surface area contributed by atoms with Gasteiger partial charge in [-0.05, 0) is 52.3 Å². The van der Waals surface area contributed by atoms with Crippen molar-refractivity contribution in [3.05, 3.63) is 51.3 Å². The Labute approximate surface area is 154 Å². The highest BCUT2D eigenvalue weighted by molar-refractivity contribution is 7.85. The van der Waals surface area contributed by atoms with E-state index in [1.165, 1.54) is 5.56 Å². The molecule has 7 nitrogen and oxygen atoms in total. The second kappa shape index (κ2) is 10.2. The Morgan fingerprint density at radius 3 is 2.04 bits per heavy atom. The van der Waals surface area contributed by atoms with Crippen LogP contribution in [0, 0.1) is 6.92 Å². The lowest BCUT2D eigenvalue weighted by Gasteiger charge is -2.17. The van der Waals surface area contributed by atoms with E-state index < -0.39 is 10.1 Å². The van der Waals surface area contributed by atoms with E-state index in [0.717, 1.165) is 48.1 Å². The Morgan fingerprint density at radius 2 is 1.54 bits per heavy atom. The van der Waals surface area contributed by atoms with E-state index in [-0.39, 0.29) is 5.56 Å². The summed E-state index contributed by atoms with van der Waals surface area (Å²) in [5.41, 5.74) is 5.34. The number of aryl methyl sites for hydroxylation is 1. The molecule has 0 bridgehead atoms. The molecule has 3 rings (SSSR count). The van der Waals surface area contributed by atoms with E-state index in [1.807, 2.05) is 14.1 Å². The summed E-state index contributed by atoms with van der Waals surface area (Å²) in [6, 6.07) is 8.31. The molecule has 0 unspecified atom stereocenters. The topological polar surface area (TPSA) is 112 Å². The molecule has 3 N–H and O–H groups in total. The van der Waals surface area contributed by atoms with Gasteiger partial charge in [-0.2, -0.15) is 13.5 Å². The molecule has 0 radical (unpaired) electrons. The monoisotopic (exact) mass is 381 g/mol. The summed E-state index contributed by atoms with van der Waals surface area (Å²) < 4.78 is 25.9. The largest absolute Gasteiger partial charge is 0.323 e. The third kappa shape index (κ3) is 7.47. The molecule has 1 aliphatic carbocycles. The van der Waals surface area contributed by atoms with Crippen molar-refractivity contribution in [3.63, 3.8) is 0 Å². The number of hydrogen-bond acceptors (Lipinski definition) is 5. The summed E-state index contributed by atoms with van der Waals surface area (Å²) in [6.07, 6.45) is 4.82. The first kappa shape index (κ1) is 22.0. The molecule has 0 fully saturated rings. The maximum absolute atomic E-state index is 11.8. The van der Waals surface area contributed by atoms with Gasteiger partial charge in [-0.3, -0.25) is 9.35 Å². The van der Waals surface area contributed by atoms with E-state index in [1.54, 1.807) is 0 Å². The first-order valence-corrected chi connectivity index (χ1v) is 10.2. The zero-order chi connectivity index (χ0) is 19.7. The van der Waals surface area contributed by atoms with Crippen molar-refractivity contribution in [3.8, 4) is 11.3 Å². The van der Waals surface area contributed by atoms with E-state index in [4.69, 9.17) is 4.55 Å². The van der Waals surface area contributed by atoms with Crippen LogP contribution in [0.3, 0.4) is 0 Å². The highest BCUT2D eigenvalue weighted by Crippen LogP contribution is 2.27. The summed E-state index contributed by atoms with van der Waals surface area (Å²) in [5, 5.41) is 9.64. The number of benzene rings is 1. The number of aromatic nitrogens is 2. The van der Waals surface area contributed by atoms with Crippen molar-refractivity contribution in [2.24, 2.45) is 0 Å². The van der Waals surface area contributed by atoms with Crippen LogP contribution in [0.4, 0.5) is 0 Å². The van der Waals surface area contributed by atoms with Crippen LogP contribution in [0.5, 0.6) is 0 Å². The molecule has 144 valence electrons. The maximum Gasteiger partial charge on any atom is 0.267 e. The van der Waals surface area contributed by atoms with Crippen molar-refractivity contribution in [2.45, 2.75) is 32.6 Å². The molecule has 0 saturated carbocycles. The van der Waals surface area contributed by atoms with Crippen LogP contribution in [0.2, 0.25) is 0 Å². The Bertz CT molecular complexity index is 851. The van der Waals surface area contributed by atoms with E-state index in [9.17, 15) is 13.2 Å². The fraction of sp³-hybridized carbons (Fsp3) is 0.444. The third-order valence-electron chi connectivity index (χ3n) is 3.62. The quantitative estimate of drug-likeness (QED) is 0.651. The predicted octanol–water partition coefficient (Wildman–Crippen LogP) is 1.96. The number of H-pyrrole nitrogens is 1. The average Bonchev–Trinajstić information content (AvgIpc) is 2.56. The first-order valence-electron chi connectivity index (χ1n) is 8.35. The molecule has 1 aliphatic rings. The van der Waals surface area contributed by atoms with E-state index >= 15 is 0 Å². The van der Waals surface area contributed by atoms with Gasteiger partial charge in [-0.15, -0.1) is 0 Å². The van der Waals surface area contributed by atoms with Gasteiger partial charge in [0.15, 0.2) is 0 Å². The van der Waals surface area contributed by atoms with Crippen LogP contribution in [-0.2, 0) is 23.0 Å². The number of aromatic amines is 1. The van der Waals surface area contributed by atoms with Gasteiger partial charge < -0.3 is 5.32 Å². The molecule has 1 heterocycles. The van der Waals surface area contributed by atoms with E-state index in [0.29, 0.717) is 6.26 Å².